The van der Waals surface area contributed by atoms with Gasteiger partial charge in [-0.15, -0.1) is 0 Å². The fourth-order valence-electron chi connectivity index (χ4n) is 2.34. The van der Waals surface area contributed by atoms with Gasteiger partial charge in [-0.25, -0.2) is 0 Å². The van der Waals surface area contributed by atoms with Gasteiger partial charge >= 0.3 is 5.97 Å². The van der Waals surface area contributed by atoms with E-state index in [0.29, 0.717) is 16.3 Å². The largest absolute Gasteiger partial charge is 0.469 e. The molecule has 0 atom stereocenters. The van der Waals surface area contributed by atoms with Crippen LogP contribution in [0.25, 0.3) is 10.9 Å². The van der Waals surface area contributed by atoms with Gasteiger partial charge in [0.05, 0.1) is 12.8 Å². The van der Waals surface area contributed by atoms with Crippen molar-refractivity contribution in [3.63, 3.8) is 0 Å². The van der Waals surface area contributed by atoms with Crippen LogP contribution in [0.2, 0.25) is 5.02 Å². The molecule has 3 rings (SSSR count). The zero-order chi connectivity index (χ0) is 20.0. The average molecular weight is 389 g/mol. The second-order valence-corrected chi connectivity index (χ2v) is 6.11. The number of aromatic nitrogens is 1. The number of ether oxygens (including phenoxy) is 2. The predicted octanol–water partition coefficient (Wildman–Crippen LogP) is 4.46. The molecule has 0 radical (unpaired) electrons. The topological polar surface area (TPSA) is 80.4 Å². The molecule has 142 valence electrons. The zero-order valence-corrected chi connectivity index (χ0v) is 16.3. The molecule has 27 heavy (non-hydrogen) atoms. The number of hydrogen-bond acceptors (Lipinski definition) is 4. The van der Waals surface area contributed by atoms with Crippen LogP contribution in [0.5, 0.6) is 11.5 Å². The van der Waals surface area contributed by atoms with E-state index in [-0.39, 0.29) is 11.9 Å². The Morgan fingerprint density at radius 3 is 2.30 bits per heavy atom. The summed E-state index contributed by atoms with van der Waals surface area (Å²) in [5.41, 5.74) is 2.49. The van der Waals surface area contributed by atoms with Crippen molar-refractivity contribution in [2.75, 3.05) is 14.2 Å². The lowest BCUT2D eigenvalue weighted by atomic mass is 10.2. The van der Waals surface area contributed by atoms with E-state index in [4.69, 9.17) is 16.3 Å². The van der Waals surface area contributed by atoms with Crippen LogP contribution >= 0.6 is 11.6 Å². The summed E-state index contributed by atoms with van der Waals surface area (Å²) in [7, 11) is 2.95. The number of methoxy groups -OCH3 is 1. The number of halogens is 1. The van der Waals surface area contributed by atoms with E-state index in [2.05, 4.69) is 15.0 Å². The number of hydrogen-bond donors (Lipinski definition) is 2. The van der Waals surface area contributed by atoms with E-state index in [9.17, 15) is 9.59 Å². The van der Waals surface area contributed by atoms with Gasteiger partial charge in [-0.3, -0.25) is 9.59 Å². The molecule has 2 N–H and O–H groups in total. The Kier molecular flexibility index (Phi) is 6.85. The van der Waals surface area contributed by atoms with Crippen LogP contribution in [0.15, 0.2) is 42.5 Å². The van der Waals surface area contributed by atoms with E-state index >= 15 is 0 Å². The molecular formula is C20H21ClN2O4. The Hall–Kier alpha value is -2.99. The first-order valence-corrected chi connectivity index (χ1v) is 8.56. The molecule has 1 aromatic heterocycles. The lowest BCUT2D eigenvalue weighted by molar-refractivity contribution is -0.137. The van der Waals surface area contributed by atoms with E-state index in [1.807, 2.05) is 25.1 Å². The van der Waals surface area contributed by atoms with Crippen molar-refractivity contribution in [3.8, 4) is 11.5 Å². The SMILES string of the molecule is CNC(=O)c1ccc(Oc2c(C)[nH]c3ccc(Cl)cc23)cc1.COC(C)=O. The highest BCUT2D eigenvalue weighted by atomic mass is 35.5. The summed E-state index contributed by atoms with van der Waals surface area (Å²) in [4.78, 5) is 24.4. The highest BCUT2D eigenvalue weighted by Crippen LogP contribution is 2.35. The van der Waals surface area contributed by atoms with E-state index < -0.39 is 0 Å². The van der Waals surface area contributed by atoms with Crippen molar-refractivity contribution >= 4 is 34.4 Å². The quantitative estimate of drug-likeness (QED) is 0.649. The van der Waals surface area contributed by atoms with Gasteiger partial charge in [-0.2, -0.15) is 0 Å². The molecule has 0 bridgehead atoms. The molecule has 1 heterocycles. The highest BCUT2D eigenvalue weighted by molar-refractivity contribution is 6.31. The minimum Gasteiger partial charge on any atom is -0.469 e. The number of nitrogens with one attached hydrogen (secondary N) is 2. The van der Waals surface area contributed by atoms with Gasteiger partial charge in [0, 0.05) is 35.5 Å². The second kappa shape index (κ2) is 9.09. The van der Waals surface area contributed by atoms with Crippen molar-refractivity contribution in [3.05, 3.63) is 58.7 Å². The Labute approximate surface area is 162 Å². The average Bonchev–Trinajstić information content (AvgIpc) is 2.97. The van der Waals surface area contributed by atoms with Crippen molar-refractivity contribution in [2.45, 2.75) is 13.8 Å². The molecule has 3 aromatic rings. The molecule has 1 amide bonds. The van der Waals surface area contributed by atoms with Gasteiger partial charge in [0.25, 0.3) is 5.91 Å². The minimum atomic E-state index is -0.245. The van der Waals surface area contributed by atoms with Crippen LogP contribution in [-0.2, 0) is 9.53 Å². The third-order valence-corrected chi connectivity index (χ3v) is 3.98. The molecule has 2 aromatic carbocycles. The molecule has 0 aliphatic heterocycles. The van der Waals surface area contributed by atoms with Gasteiger partial charge < -0.3 is 19.8 Å². The van der Waals surface area contributed by atoms with Crippen LogP contribution in [0.3, 0.4) is 0 Å². The predicted molar refractivity (Wildman–Crippen MR) is 106 cm³/mol. The molecule has 6 nitrogen and oxygen atoms in total. The monoisotopic (exact) mass is 388 g/mol. The molecule has 0 unspecified atom stereocenters. The van der Waals surface area contributed by atoms with E-state index in [1.165, 1.54) is 14.0 Å². The maximum absolute atomic E-state index is 11.5. The number of aryl methyl sites for hydroxylation is 1. The van der Waals surface area contributed by atoms with E-state index in [0.717, 1.165) is 22.3 Å². The summed E-state index contributed by atoms with van der Waals surface area (Å²) in [5, 5.41) is 4.18. The van der Waals surface area contributed by atoms with Gasteiger partial charge in [0.2, 0.25) is 0 Å². The first kappa shape index (κ1) is 20.3. The summed E-state index contributed by atoms with van der Waals surface area (Å²) in [6.07, 6.45) is 0. The van der Waals surface area contributed by atoms with Gasteiger partial charge in [0.1, 0.15) is 5.75 Å². The van der Waals surface area contributed by atoms with Crippen LogP contribution in [-0.4, -0.2) is 31.0 Å². The second-order valence-electron chi connectivity index (χ2n) is 5.67. The van der Waals surface area contributed by atoms with E-state index in [1.54, 1.807) is 31.3 Å². The Morgan fingerprint density at radius 1 is 1.11 bits per heavy atom. The number of amides is 1. The van der Waals surface area contributed by atoms with Crippen LogP contribution < -0.4 is 10.1 Å². The maximum Gasteiger partial charge on any atom is 0.302 e. The zero-order valence-electron chi connectivity index (χ0n) is 15.6. The van der Waals surface area contributed by atoms with Crippen molar-refractivity contribution in [2.24, 2.45) is 0 Å². The van der Waals surface area contributed by atoms with Crippen molar-refractivity contribution in [1.29, 1.82) is 0 Å². The van der Waals surface area contributed by atoms with Crippen LogP contribution in [0.4, 0.5) is 0 Å². The molecule has 0 saturated carbocycles. The maximum atomic E-state index is 11.5. The number of rotatable bonds is 3. The fraction of sp³-hybridized carbons (Fsp3) is 0.200. The Morgan fingerprint density at radius 2 is 1.74 bits per heavy atom. The van der Waals surface area contributed by atoms with Crippen molar-refractivity contribution < 1.29 is 19.1 Å². The summed E-state index contributed by atoms with van der Waals surface area (Å²) in [5.74, 6) is 1.04. The van der Waals surface area contributed by atoms with Gasteiger partial charge in [0.15, 0.2) is 5.75 Å². The number of benzene rings is 2. The molecule has 0 saturated heterocycles. The lowest BCUT2D eigenvalue weighted by Crippen LogP contribution is -2.17. The number of esters is 1. The fourth-order valence-corrected chi connectivity index (χ4v) is 2.51. The van der Waals surface area contributed by atoms with Crippen LogP contribution in [0, 0.1) is 6.92 Å². The van der Waals surface area contributed by atoms with Crippen molar-refractivity contribution in [1.82, 2.24) is 10.3 Å². The van der Waals surface area contributed by atoms with Crippen LogP contribution in [0.1, 0.15) is 23.0 Å². The summed E-state index contributed by atoms with van der Waals surface area (Å²) >= 11 is 6.06. The molecule has 7 heteroatoms. The Bertz CT molecular complexity index is 949. The third kappa shape index (κ3) is 5.24. The third-order valence-electron chi connectivity index (χ3n) is 3.74. The molecule has 0 aliphatic carbocycles. The number of fused-ring (bicyclic) bond motifs is 1. The molecule has 0 aliphatic rings. The number of carbonyl (C=O) groups is 2. The first-order valence-electron chi connectivity index (χ1n) is 8.18. The highest BCUT2D eigenvalue weighted by Gasteiger charge is 2.11. The molecular weight excluding hydrogens is 368 g/mol. The Balaban J connectivity index is 0.000000465. The summed E-state index contributed by atoms with van der Waals surface area (Å²) in [6, 6.07) is 12.6. The normalized spacial score (nSPS) is 9.96. The molecule has 0 spiro atoms. The standard InChI is InChI=1S/C17H15ClN2O2.C3H6O2/c1-10-16(14-9-12(18)5-8-15(14)20-10)22-13-6-3-11(4-7-13)17(21)19-2;1-3(4)5-2/h3-9,20H,1-2H3,(H,19,21);1-2H3. The molecule has 0 fully saturated rings. The van der Waals surface area contributed by atoms with Gasteiger partial charge in [-0.1, -0.05) is 11.6 Å². The number of aromatic amines is 1. The lowest BCUT2D eigenvalue weighted by Gasteiger charge is -2.07. The summed E-state index contributed by atoms with van der Waals surface area (Å²) in [6.45, 7) is 3.31. The minimum absolute atomic E-state index is 0.124. The summed E-state index contributed by atoms with van der Waals surface area (Å²) < 4.78 is 10.1. The first-order chi connectivity index (χ1) is 12.8. The number of carbonyl (C=O) groups excluding carboxylic acids is 2. The van der Waals surface area contributed by atoms with Gasteiger partial charge in [-0.05, 0) is 49.4 Å². The smallest absolute Gasteiger partial charge is 0.302 e. The number of H-pyrrole nitrogens is 1.